The van der Waals surface area contributed by atoms with E-state index in [4.69, 9.17) is 16.3 Å². The highest BCUT2D eigenvalue weighted by atomic mass is 35.5. The third-order valence-corrected chi connectivity index (χ3v) is 6.19. The fourth-order valence-corrected chi connectivity index (χ4v) is 4.10. The van der Waals surface area contributed by atoms with Gasteiger partial charge >= 0.3 is 0 Å². The smallest absolute Gasteiger partial charge is 0.129 e. The molecule has 3 N–H and O–H groups in total. The number of nitrogens with zero attached hydrogens (tertiary/aromatic N) is 3. The Balaban J connectivity index is 1.36. The van der Waals surface area contributed by atoms with Crippen molar-refractivity contribution in [2.24, 2.45) is 5.92 Å². The summed E-state index contributed by atoms with van der Waals surface area (Å²) in [5, 5.41) is 11.1. The van der Waals surface area contributed by atoms with Crippen LogP contribution in [0.4, 0.5) is 11.6 Å². The maximum Gasteiger partial charge on any atom is 0.129 e. The molecule has 0 amide bonds. The first-order valence-corrected chi connectivity index (χ1v) is 11.3. The van der Waals surface area contributed by atoms with Crippen LogP contribution in [0.5, 0.6) is 0 Å². The van der Waals surface area contributed by atoms with E-state index in [9.17, 15) is 0 Å². The van der Waals surface area contributed by atoms with Crippen LogP contribution < -0.4 is 16.0 Å². The van der Waals surface area contributed by atoms with Crippen LogP contribution in [-0.4, -0.2) is 53.8 Å². The third-order valence-electron chi connectivity index (χ3n) is 5.89. The lowest BCUT2D eigenvalue weighted by molar-refractivity contribution is 0.191. The van der Waals surface area contributed by atoms with Gasteiger partial charge < -0.3 is 20.7 Å². The Morgan fingerprint density at radius 3 is 2.57 bits per heavy atom. The zero-order chi connectivity index (χ0) is 20.8. The second-order valence-electron chi connectivity index (χ2n) is 8.30. The molecule has 2 aliphatic carbocycles. The molecule has 0 aliphatic heterocycles. The summed E-state index contributed by atoms with van der Waals surface area (Å²) < 4.78 is 5.12. The molecular formula is C22H31ClN6O. The van der Waals surface area contributed by atoms with Gasteiger partial charge in [0.15, 0.2) is 0 Å². The van der Waals surface area contributed by atoms with Crippen molar-refractivity contribution >= 4 is 23.2 Å². The minimum atomic E-state index is 0.424. The van der Waals surface area contributed by atoms with Crippen molar-refractivity contribution in [3.05, 3.63) is 29.7 Å². The SMILES string of the molecule is COCCNC1CCC(Nc2cc(-c3cc(NCC4CC4)ncn3)c(Cl)cn2)CC1. The molecule has 0 atom stereocenters. The number of anilines is 2. The van der Waals surface area contributed by atoms with Crippen molar-refractivity contribution in [3.8, 4) is 11.3 Å². The predicted molar refractivity (Wildman–Crippen MR) is 121 cm³/mol. The number of rotatable bonds is 10. The van der Waals surface area contributed by atoms with Crippen molar-refractivity contribution in [1.82, 2.24) is 20.3 Å². The number of nitrogens with one attached hydrogen (secondary N) is 3. The quantitative estimate of drug-likeness (QED) is 0.492. The molecule has 162 valence electrons. The monoisotopic (exact) mass is 430 g/mol. The van der Waals surface area contributed by atoms with Gasteiger partial charge in [0.2, 0.25) is 0 Å². The summed E-state index contributed by atoms with van der Waals surface area (Å²) in [5.41, 5.74) is 1.69. The number of pyridine rings is 1. The molecule has 7 nitrogen and oxygen atoms in total. The normalized spacial score (nSPS) is 21.4. The molecule has 0 saturated heterocycles. The highest BCUT2D eigenvalue weighted by Gasteiger charge is 2.22. The summed E-state index contributed by atoms with van der Waals surface area (Å²) in [7, 11) is 1.74. The summed E-state index contributed by atoms with van der Waals surface area (Å²) in [6.45, 7) is 2.64. The van der Waals surface area contributed by atoms with Gasteiger partial charge in [-0.1, -0.05) is 11.6 Å². The highest BCUT2D eigenvalue weighted by molar-refractivity contribution is 6.33. The molecule has 2 heterocycles. The van der Waals surface area contributed by atoms with Crippen molar-refractivity contribution in [3.63, 3.8) is 0 Å². The lowest BCUT2D eigenvalue weighted by atomic mass is 9.91. The summed E-state index contributed by atoms with van der Waals surface area (Å²) in [6.07, 6.45) is 10.5. The van der Waals surface area contributed by atoms with E-state index in [1.165, 1.54) is 12.8 Å². The average Bonchev–Trinajstić information content (AvgIpc) is 3.60. The number of methoxy groups -OCH3 is 1. The molecule has 2 saturated carbocycles. The molecule has 4 rings (SSSR count). The number of ether oxygens (including phenoxy) is 1. The van der Waals surface area contributed by atoms with Gasteiger partial charge in [0.25, 0.3) is 0 Å². The Bertz CT molecular complexity index is 823. The number of halogens is 1. The molecule has 0 aromatic carbocycles. The summed E-state index contributed by atoms with van der Waals surface area (Å²) in [6, 6.07) is 4.96. The van der Waals surface area contributed by atoms with Gasteiger partial charge in [-0.25, -0.2) is 15.0 Å². The van der Waals surface area contributed by atoms with Crippen LogP contribution in [0.2, 0.25) is 5.02 Å². The van der Waals surface area contributed by atoms with Crippen LogP contribution in [0.15, 0.2) is 24.7 Å². The van der Waals surface area contributed by atoms with E-state index >= 15 is 0 Å². The van der Waals surface area contributed by atoms with E-state index in [1.54, 1.807) is 19.6 Å². The van der Waals surface area contributed by atoms with Crippen LogP contribution in [-0.2, 0) is 4.74 Å². The molecule has 2 aromatic heterocycles. The highest BCUT2D eigenvalue weighted by Crippen LogP contribution is 2.31. The fraction of sp³-hybridized carbons (Fsp3) is 0.591. The van der Waals surface area contributed by atoms with Crippen LogP contribution in [0, 0.1) is 5.92 Å². The summed E-state index contributed by atoms with van der Waals surface area (Å²) in [4.78, 5) is 13.3. The first-order chi connectivity index (χ1) is 14.7. The van der Waals surface area contributed by atoms with Crippen LogP contribution in [0.1, 0.15) is 38.5 Å². The summed E-state index contributed by atoms with van der Waals surface area (Å²) >= 11 is 6.45. The van der Waals surface area contributed by atoms with E-state index < -0.39 is 0 Å². The molecule has 8 heteroatoms. The largest absolute Gasteiger partial charge is 0.383 e. The zero-order valence-corrected chi connectivity index (χ0v) is 18.3. The Labute approximate surface area is 183 Å². The molecule has 30 heavy (non-hydrogen) atoms. The molecule has 2 aliphatic rings. The van der Waals surface area contributed by atoms with Crippen LogP contribution in [0.25, 0.3) is 11.3 Å². The first kappa shape index (κ1) is 21.3. The van der Waals surface area contributed by atoms with E-state index in [-0.39, 0.29) is 0 Å². The Kier molecular flexibility index (Phi) is 7.36. The molecule has 0 radical (unpaired) electrons. The Morgan fingerprint density at radius 2 is 1.80 bits per heavy atom. The minimum absolute atomic E-state index is 0.424. The van der Waals surface area contributed by atoms with E-state index in [2.05, 4.69) is 30.9 Å². The minimum Gasteiger partial charge on any atom is -0.383 e. The molecular weight excluding hydrogens is 400 g/mol. The average molecular weight is 431 g/mol. The van der Waals surface area contributed by atoms with Crippen LogP contribution in [0.3, 0.4) is 0 Å². The first-order valence-electron chi connectivity index (χ1n) is 10.9. The molecule has 2 fully saturated rings. The van der Waals surface area contributed by atoms with Crippen LogP contribution >= 0.6 is 11.6 Å². The number of hydrogen-bond donors (Lipinski definition) is 3. The lowest BCUT2D eigenvalue weighted by Gasteiger charge is -2.30. The summed E-state index contributed by atoms with van der Waals surface area (Å²) in [5.74, 6) is 2.47. The van der Waals surface area contributed by atoms with E-state index in [0.29, 0.717) is 17.1 Å². The zero-order valence-electron chi connectivity index (χ0n) is 17.5. The fourth-order valence-electron chi connectivity index (χ4n) is 3.90. The van der Waals surface area contributed by atoms with Crippen molar-refractivity contribution in [1.29, 1.82) is 0 Å². The van der Waals surface area contributed by atoms with Gasteiger partial charge in [0.1, 0.15) is 18.0 Å². The molecule has 0 spiro atoms. The van der Waals surface area contributed by atoms with Gasteiger partial charge in [-0.05, 0) is 50.5 Å². The second-order valence-corrected chi connectivity index (χ2v) is 8.71. The predicted octanol–water partition coefficient (Wildman–Crippen LogP) is 3.97. The van der Waals surface area contributed by atoms with Crippen molar-refractivity contribution in [2.75, 3.05) is 37.4 Å². The van der Waals surface area contributed by atoms with Gasteiger partial charge in [0.05, 0.1) is 17.3 Å². The van der Waals surface area contributed by atoms with Gasteiger partial charge in [-0.2, -0.15) is 0 Å². The second kappa shape index (κ2) is 10.4. The van der Waals surface area contributed by atoms with Gasteiger partial charge in [0, 0.05) is 50.1 Å². The topological polar surface area (TPSA) is 84.0 Å². The number of hydrogen-bond acceptors (Lipinski definition) is 7. The van der Waals surface area contributed by atoms with E-state index in [1.807, 2.05) is 12.1 Å². The maximum atomic E-state index is 6.45. The van der Waals surface area contributed by atoms with Gasteiger partial charge in [-0.3, -0.25) is 0 Å². The Morgan fingerprint density at radius 1 is 1.00 bits per heavy atom. The molecule has 0 unspecified atom stereocenters. The molecule has 0 bridgehead atoms. The standard InChI is InChI=1S/C22H31ClN6O/c1-30-9-8-24-16-4-6-17(7-5-16)29-22-10-18(19(23)13-26-22)20-11-21(28-14-27-20)25-12-15-2-3-15/h10-11,13-17,24H,2-9,12H2,1H3,(H,26,29)(H,25,27,28). The van der Waals surface area contributed by atoms with Gasteiger partial charge in [-0.15, -0.1) is 0 Å². The Hall–Kier alpha value is -1.96. The lowest BCUT2D eigenvalue weighted by Crippen LogP contribution is -2.38. The maximum absolute atomic E-state index is 6.45. The van der Waals surface area contributed by atoms with Crippen molar-refractivity contribution in [2.45, 2.75) is 50.6 Å². The molecule has 2 aromatic rings. The third kappa shape index (κ3) is 6.03. The number of aromatic nitrogens is 3. The van der Waals surface area contributed by atoms with E-state index in [0.717, 1.165) is 74.2 Å². The van der Waals surface area contributed by atoms with Crippen molar-refractivity contribution < 1.29 is 4.74 Å².